The summed E-state index contributed by atoms with van der Waals surface area (Å²) in [5.74, 6) is -0.499. The van der Waals surface area contributed by atoms with E-state index in [1.165, 1.54) is 0 Å². The molecule has 72 valence electrons. The maximum atomic E-state index is 11.0. The highest BCUT2D eigenvalue weighted by Gasteiger charge is 2.14. The van der Waals surface area contributed by atoms with Crippen molar-refractivity contribution in [2.75, 3.05) is 5.32 Å². The largest absolute Gasteiger partial charge is 0.366 e. The zero-order chi connectivity index (χ0) is 10.1. The van der Waals surface area contributed by atoms with Crippen molar-refractivity contribution in [2.45, 2.75) is 6.54 Å². The van der Waals surface area contributed by atoms with E-state index in [0.717, 1.165) is 5.56 Å². The highest BCUT2D eigenvalue weighted by Crippen LogP contribution is 2.20. The molecule has 0 bridgehead atoms. The van der Waals surface area contributed by atoms with Crippen LogP contribution in [-0.4, -0.2) is 11.9 Å². The Balaban J connectivity index is 2.42. The van der Waals surface area contributed by atoms with E-state index >= 15 is 0 Å². The van der Waals surface area contributed by atoms with Crippen molar-refractivity contribution < 1.29 is 9.59 Å². The maximum absolute atomic E-state index is 11.0. The van der Waals surface area contributed by atoms with Gasteiger partial charge in [-0.15, -0.1) is 0 Å². The second-order valence-electron chi connectivity index (χ2n) is 3.04. The van der Waals surface area contributed by atoms with Crippen molar-refractivity contribution in [2.24, 2.45) is 5.73 Å². The van der Waals surface area contributed by atoms with Gasteiger partial charge < -0.3 is 16.4 Å². The standard InChI is InChI=1S/C9H9N3O2/c10-8(13)5-1-2-6-4-11-9(14)12-7(6)3-5/h1-3H,4H2,(H2,10,13)(H2,11,12,14). The van der Waals surface area contributed by atoms with Gasteiger partial charge in [-0.2, -0.15) is 0 Å². The van der Waals surface area contributed by atoms with Gasteiger partial charge in [0.15, 0.2) is 0 Å². The lowest BCUT2D eigenvalue weighted by atomic mass is 10.1. The van der Waals surface area contributed by atoms with E-state index in [9.17, 15) is 9.59 Å². The summed E-state index contributed by atoms with van der Waals surface area (Å²) in [7, 11) is 0. The molecule has 0 fully saturated rings. The molecule has 2 rings (SSSR count). The van der Waals surface area contributed by atoms with Crippen LogP contribution in [0.1, 0.15) is 15.9 Å². The predicted octanol–water partition coefficient (Wildman–Crippen LogP) is 0.421. The second-order valence-corrected chi connectivity index (χ2v) is 3.04. The normalized spacial score (nSPS) is 13.9. The van der Waals surface area contributed by atoms with Crippen LogP contribution >= 0.6 is 0 Å². The molecule has 14 heavy (non-hydrogen) atoms. The van der Waals surface area contributed by atoms with Crippen LogP contribution in [0, 0.1) is 0 Å². The molecule has 0 saturated carbocycles. The van der Waals surface area contributed by atoms with E-state index in [2.05, 4.69) is 10.6 Å². The van der Waals surface area contributed by atoms with E-state index in [0.29, 0.717) is 17.8 Å². The number of fused-ring (bicyclic) bond motifs is 1. The molecule has 1 aliphatic rings. The van der Waals surface area contributed by atoms with Gasteiger partial charge in [-0.3, -0.25) is 4.79 Å². The van der Waals surface area contributed by atoms with Gasteiger partial charge in [-0.25, -0.2) is 4.79 Å². The number of carbonyl (C=O) groups is 2. The van der Waals surface area contributed by atoms with Gasteiger partial charge in [-0.1, -0.05) is 6.07 Å². The first-order valence-electron chi connectivity index (χ1n) is 4.14. The number of carbonyl (C=O) groups excluding carboxylic acids is 2. The van der Waals surface area contributed by atoms with E-state index in [1.807, 2.05) is 0 Å². The number of anilines is 1. The van der Waals surface area contributed by atoms with Gasteiger partial charge in [0.05, 0.1) is 0 Å². The lowest BCUT2D eigenvalue weighted by Gasteiger charge is -2.18. The Bertz CT molecular complexity index is 415. The average Bonchev–Trinajstić information content (AvgIpc) is 2.16. The van der Waals surface area contributed by atoms with Gasteiger partial charge >= 0.3 is 6.03 Å². The third-order valence-corrected chi connectivity index (χ3v) is 2.08. The Morgan fingerprint density at radius 3 is 2.93 bits per heavy atom. The molecule has 0 unspecified atom stereocenters. The molecule has 1 aromatic rings. The Labute approximate surface area is 80.3 Å². The zero-order valence-corrected chi connectivity index (χ0v) is 7.33. The molecular formula is C9H9N3O2. The number of benzene rings is 1. The van der Waals surface area contributed by atoms with E-state index in [4.69, 9.17) is 5.73 Å². The van der Waals surface area contributed by atoms with Crippen LogP contribution in [0.15, 0.2) is 18.2 Å². The van der Waals surface area contributed by atoms with Gasteiger partial charge in [0.2, 0.25) is 5.91 Å². The third kappa shape index (κ3) is 1.39. The molecule has 0 spiro atoms. The highest BCUT2D eigenvalue weighted by molar-refractivity contribution is 5.97. The first-order chi connectivity index (χ1) is 6.66. The highest BCUT2D eigenvalue weighted by atomic mass is 16.2. The van der Waals surface area contributed by atoms with E-state index in [1.54, 1.807) is 18.2 Å². The van der Waals surface area contributed by atoms with Crippen molar-refractivity contribution in [3.8, 4) is 0 Å². The quantitative estimate of drug-likeness (QED) is 0.601. The van der Waals surface area contributed by atoms with Crippen molar-refractivity contribution in [3.63, 3.8) is 0 Å². The minimum atomic E-state index is -0.499. The minimum absolute atomic E-state index is 0.265. The summed E-state index contributed by atoms with van der Waals surface area (Å²) in [5.41, 5.74) is 7.09. The van der Waals surface area contributed by atoms with Crippen molar-refractivity contribution in [3.05, 3.63) is 29.3 Å². The summed E-state index contributed by atoms with van der Waals surface area (Å²) in [4.78, 5) is 21.8. The van der Waals surface area contributed by atoms with Crippen molar-refractivity contribution in [1.82, 2.24) is 5.32 Å². The molecule has 4 N–H and O–H groups in total. The Morgan fingerprint density at radius 2 is 2.21 bits per heavy atom. The number of hydrogen-bond acceptors (Lipinski definition) is 2. The summed E-state index contributed by atoms with van der Waals surface area (Å²) in [5, 5.41) is 5.22. The minimum Gasteiger partial charge on any atom is -0.366 e. The second kappa shape index (κ2) is 3.02. The third-order valence-electron chi connectivity index (χ3n) is 2.08. The number of nitrogens with one attached hydrogen (secondary N) is 2. The topological polar surface area (TPSA) is 84.2 Å². The number of hydrogen-bond donors (Lipinski definition) is 3. The molecule has 0 radical (unpaired) electrons. The number of primary amides is 1. The Kier molecular flexibility index (Phi) is 1.85. The maximum Gasteiger partial charge on any atom is 0.319 e. The molecule has 5 nitrogen and oxygen atoms in total. The lowest BCUT2D eigenvalue weighted by Crippen LogP contribution is -2.33. The summed E-state index contributed by atoms with van der Waals surface area (Å²) >= 11 is 0. The molecule has 3 amide bonds. The fourth-order valence-electron chi connectivity index (χ4n) is 1.34. The SMILES string of the molecule is NC(=O)c1ccc2c(c1)NC(=O)NC2. The summed E-state index contributed by atoms with van der Waals surface area (Å²) in [6.45, 7) is 0.472. The van der Waals surface area contributed by atoms with Crippen LogP contribution in [0.3, 0.4) is 0 Å². The summed E-state index contributed by atoms with van der Waals surface area (Å²) in [6, 6.07) is 4.72. The summed E-state index contributed by atoms with van der Waals surface area (Å²) < 4.78 is 0. The molecule has 0 aromatic heterocycles. The molecule has 1 heterocycles. The van der Waals surface area contributed by atoms with Crippen LogP contribution in [0.25, 0.3) is 0 Å². The van der Waals surface area contributed by atoms with E-state index in [-0.39, 0.29) is 6.03 Å². The summed E-state index contributed by atoms with van der Waals surface area (Å²) in [6.07, 6.45) is 0. The molecule has 5 heteroatoms. The van der Waals surface area contributed by atoms with E-state index < -0.39 is 5.91 Å². The van der Waals surface area contributed by atoms with Crippen LogP contribution in [0.2, 0.25) is 0 Å². The molecule has 0 saturated heterocycles. The molecular weight excluding hydrogens is 182 g/mol. The fraction of sp³-hybridized carbons (Fsp3) is 0.111. The number of urea groups is 1. The van der Waals surface area contributed by atoms with Gasteiger partial charge in [0, 0.05) is 17.8 Å². The number of amides is 3. The van der Waals surface area contributed by atoms with Crippen LogP contribution in [0.4, 0.5) is 10.5 Å². The van der Waals surface area contributed by atoms with Crippen LogP contribution in [0.5, 0.6) is 0 Å². The van der Waals surface area contributed by atoms with Crippen LogP contribution in [-0.2, 0) is 6.54 Å². The van der Waals surface area contributed by atoms with Gasteiger partial charge in [-0.05, 0) is 17.7 Å². The Morgan fingerprint density at radius 1 is 1.43 bits per heavy atom. The molecule has 1 aliphatic heterocycles. The first-order valence-corrected chi connectivity index (χ1v) is 4.14. The average molecular weight is 191 g/mol. The Hall–Kier alpha value is -2.04. The smallest absolute Gasteiger partial charge is 0.319 e. The molecule has 0 atom stereocenters. The van der Waals surface area contributed by atoms with Crippen molar-refractivity contribution in [1.29, 1.82) is 0 Å². The first kappa shape index (κ1) is 8.55. The fourth-order valence-corrected chi connectivity index (χ4v) is 1.34. The molecule has 1 aromatic carbocycles. The number of nitrogens with two attached hydrogens (primary N) is 1. The van der Waals surface area contributed by atoms with Gasteiger partial charge in [0.25, 0.3) is 0 Å². The van der Waals surface area contributed by atoms with Crippen LogP contribution < -0.4 is 16.4 Å². The molecule has 0 aliphatic carbocycles. The van der Waals surface area contributed by atoms with Crippen molar-refractivity contribution >= 4 is 17.6 Å². The lowest BCUT2D eigenvalue weighted by molar-refractivity contribution is 0.1000. The predicted molar refractivity (Wildman–Crippen MR) is 50.8 cm³/mol. The zero-order valence-electron chi connectivity index (χ0n) is 7.33. The number of rotatable bonds is 1. The monoisotopic (exact) mass is 191 g/mol. The van der Waals surface area contributed by atoms with Gasteiger partial charge in [0.1, 0.15) is 0 Å².